The molecular formula is C20H17BrN2O5. The fourth-order valence-corrected chi connectivity index (χ4v) is 5.95. The number of nitro benzene ring substituents is 1. The van der Waals surface area contributed by atoms with Crippen molar-refractivity contribution in [2.24, 2.45) is 11.8 Å². The fraction of sp³-hybridized carbons (Fsp3) is 0.400. The van der Waals surface area contributed by atoms with Gasteiger partial charge in [0.25, 0.3) is 5.69 Å². The number of carbonyl (C=O) groups is 2. The summed E-state index contributed by atoms with van der Waals surface area (Å²) in [4.78, 5) is 39.0. The summed E-state index contributed by atoms with van der Waals surface area (Å²) >= 11 is 3.37. The third-order valence-electron chi connectivity index (χ3n) is 6.59. The number of nitro groups is 1. The van der Waals surface area contributed by atoms with Crippen molar-refractivity contribution in [1.29, 1.82) is 0 Å². The molecule has 2 aromatic rings. The van der Waals surface area contributed by atoms with Crippen molar-refractivity contribution in [3.63, 3.8) is 0 Å². The quantitative estimate of drug-likeness (QED) is 0.397. The molecule has 0 aliphatic carbocycles. The van der Waals surface area contributed by atoms with Gasteiger partial charge in [-0.15, -0.1) is 0 Å². The zero-order chi connectivity index (χ0) is 20.0. The van der Waals surface area contributed by atoms with E-state index in [4.69, 9.17) is 4.74 Å². The van der Waals surface area contributed by atoms with E-state index in [0.29, 0.717) is 20.9 Å². The largest absolute Gasteiger partial charge is 0.367 e. The molecule has 8 heteroatoms. The van der Waals surface area contributed by atoms with Gasteiger partial charge in [0.1, 0.15) is 0 Å². The first kappa shape index (κ1) is 17.8. The molecule has 4 atom stereocenters. The number of imide groups is 1. The molecule has 3 aliphatic heterocycles. The predicted molar refractivity (Wildman–Crippen MR) is 105 cm³/mol. The second kappa shape index (κ2) is 5.39. The van der Waals surface area contributed by atoms with Gasteiger partial charge >= 0.3 is 0 Å². The minimum absolute atomic E-state index is 0.0761. The van der Waals surface area contributed by atoms with Crippen molar-refractivity contribution in [2.45, 2.75) is 37.9 Å². The zero-order valence-electron chi connectivity index (χ0n) is 15.3. The van der Waals surface area contributed by atoms with Gasteiger partial charge in [-0.1, -0.05) is 12.1 Å². The number of hydrogen-bond acceptors (Lipinski definition) is 5. The maximum Gasteiger partial charge on any atom is 0.278 e. The molecule has 3 aliphatic rings. The van der Waals surface area contributed by atoms with Crippen LogP contribution in [0.4, 0.5) is 11.4 Å². The van der Waals surface area contributed by atoms with Crippen molar-refractivity contribution in [2.75, 3.05) is 4.90 Å². The van der Waals surface area contributed by atoms with Crippen molar-refractivity contribution in [3.05, 3.63) is 44.9 Å². The topological polar surface area (TPSA) is 89.8 Å². The minimum Gasteiger partial charge on any atom is -0.367 e. The van der Waals surface area contributed by atoms with Gasteiger partial charge in [-0.05, 0) is 54.8 Å². The first-order valence-electron chi connectivity index (χ1n) is 9.11. The Morgan fingerprint density at radius 3 is 2.29 bits per heavy atom. The Balaban J connectivity index is 1.72. The number of nitrogens with zero attached hydrogens (tertiary/aromatic N) is 2. The van der Waals surface area contributed by atoms with E-state index >= 15 is 0 Å². The number of ether oxygens (including phenoxy) is 1. The highest BCUT2D eigenvalue weighted by molar-refractivity contribution is 9.10. The highest BCUT2D eigenvalue weighted by Gasteiger charge is 2.72. The molecule has 0 radical (unpaired) electrons. The van der Waals surface area contributed by atoms with Crippen LogP contribution in [-0.4, -0.2) is 27.9 Å². The summed E-state index contributed by atoms with van der Waals surface area (Å²) in [5, 5.41) is 12.4. The van der Waals surface area contributed by atoms with E-state index in [9.17, 15) is 19.7 Å². The van der Waals surface area contributed by atoms with Crippen LogP contribution in [-0.2, 0) is 14.3 Å². The maximum atomic E-state index is 13.4. The lowest BCUT2D eigenvalue weighted by molar-refractivity contribution is -0.383. The number of amides is 2. The van der Waals surface area contributed by atoms with Gasteiger partial charge in [0, 0.05) is 15.9 Å². The molecule has 0 spiro atoms. The first-order chi connectivity index (χ1) is 13.2. The Labute approximate surface area is 168 Å². The number of benzene rings is 2. The second-order valence-corrected chi connectivity index (χ2v) is 9.07. The van der Waals surface area contributed by atoms with Gasteiger partial charge in [-0.2, -0.15) is 0 Å². The van der Waals surface area contributed by atoms with Crippen molar-refractivity contribution in [3.8, 4) is 0 Å². The minimum atomic E-state index is -0.641. The molecular weight excluding hydrogens is 428 g/mol. The summed E-state index contributed by atoms with van der Waals surface area (Å²) < 4.78 is 6.67. The smallest absolute Gasteiger partial charge is 0.278 e. The summed E-state index contributed by atoms with van der Waals surface area (Å²) in [5.41, 5.74) is -0.971. The Hall–Kier alpha value is -2.32. The van der Waals surface area contributed by atoms with E-state index in [-0.39, 0.29) is 17.5 Å². The molecule has 0 N–H and O–H groups in total. The number of anilines is 1. The molecule has 3 fully saturated rings. The molecule has 0 saturated carbocycles. The second-order valence-electron chi connectivity index (χ2n) is 8.22. The van der Waals surface area contributed by atoms with Crippen LogP contribution >= 0.6 is 15.9 Å². The van der Waals surface area contributed by atoms with Crippen LogP contribution in [0, 0.1) is 22.0 Å². The number of carbonyl (C=O) groups excluding carboxylic acids is 2. The van der Waals surface area contributed by atoms with E-state index in [1.807, 2.05) is 13.8 Å². The third kappa shape index (κ3) is 2.02. The predicted octanol–water partition coefficient (Wildman–Crippen LogP) is 3.96. The molecule has 0 aromatic heterocycles. The summed E-state index contributed by atoms with van der Waals surface area (Å²) in [6, 6.07) is 7.99. The van der Waals surface area contributed by atoms with Gasteiger partial charge in [-0.25, -0.2) is 4.90 Å². The molecule has 3 saturated heterocycles. The maximum absolute atomic E-state index is 13.4. The number of fused-ring (bicyclic) bond motifs is 6. The standard InChI is InChI=1S/C20H17BrN2O5/c1-19-8-9-20(2,28-19)16-15(19)17(24)22(18(16)25)12-6-7-13(23(26)27)14-10(12)4-3-5-11(14)21/h3-7,15-16H,8-9H2,1-2H3. The Morgan fingerprint density at radius 2 is 1.71 bits per heavy atom. The summed E-state index contributed by atoms with van der Waals surface area (Å²) in [6.45, 7) is 3.81. The van der Waals surface area contributed by atoms with Crippen LogP contribution in [0.2, 0.25) is 0 Å². The van der Waals surface area contributed by atoms with Crippen molar-refractivity contribution < 1.29 is 19.2 Å². The van der Waals surface area contributed by atoms with E-state index in [2.05, 4.69) is 15.9 Å². The molecule has 28 heavy (non-hydrogen) atoms. The van der Waals surface area contributed by atoms with Crippen LogP contribution in [0.5, 0.6) is 0 Å². The van der Waals surface area contributed by atoms with Crippen LogP contribution in [0.15, 0.2) is 34.8 Å². The summed E-state index contributed by atoms with van der Waals surface area (Å²) in [5.74, 6) is -1.60. The third-order valence-corrected chi connectivity index (χ3v) is 7.25. The molecule has 2 bridgehead atoms. The zero-order valence-corrected chi connectivity index (χ0v) is 16.9. The summed E-state index contributed by atoms with van der Waals surface area (Å²) in [7, 11) is 0. The van der Waals surface area contributed by atoms with E-state index in [1.165, 1.54) is 17.0 Å². The van der Waals surface area contributed by atoms with E-state index in [0.717, 1.165) is 12.8 Å². The molecule has 3 heterocycles. The van der Waals surface area contributed by atoms with Crippen LogP contribution in [0.25, 0.3) is 10.8 Å². The van der Waals surface area contributed by atoms with Crippen LogP contribution in [0.1, 0.15) is 26.7 Å². The lowest BCUT2D eigenvalue weighted by atomic mass is 9.69. The number of halogens is 1. The SMILES string of the molecule is CC12CCC(C)(O1)C1C(=O)N(c3ccc([N+](=O)[O-])c4c(Br)cccc34)C(=O)C12. The number of hydrogen-bond donors (Lipinski definition) is 0. The highest BCUT2D eigenvalue weighted by atomic mass is 79.9. The van der Waals surface area contributed by atoms with Crippen molar-refractivity contribution in [1.82, 2.24) is 0 Å². The van der Waals surface area contributed by atoms with Crippen LogP contribution in [0.3, 0.4) is 0 Å². The van der Waals surface area contributed by atoms with Crippen LogP contribution < -0.4 is 4.90 Å². The van der Waals surface area contributed by atoms with Gasteiger partial charge in [0.05, 0.1) is 39.0 Å². The van der Waals surface area contributed by atoms with Crippen molar-refractivity contribution >= 4 is 49.9 Å². The lowest BCUT2D eigenvalue weighted by Gasteiger charge is -2.27. The van der Waals surface area contributed by atoms with E-state index < -0.39 is 28.0 Å². The lowest BCUT2D eigenvalue weighted by Crippen LogP contribution is -2.40. The van der Waals surface area contributed by atoms with Gasteiger partial charge in [0.2, 0.25) is 11.8 Å². The molecule has 5 rings (SSSR count). The van der Waals surface area contributed by atoms with Gasteiger partial charge < -0.3 is 4.74 Å². The normalized spacial score (nSPS) is 33.8. The molecule has 2 aromatic carbocycles. The highest BCUT2D eigenvalue weighted by Crippen LogP contribution is 2.61. The Morgan fingerprint density at radius 1 is 1.11 bits per heavy atom. The molecule has 144 valence electrons. The van der Waals surface area contributed by atoms with Gasteiger partial charge in [0.15, 0.2) is 0 Å². The average molecular weight is 445 g/mol. The Bertz CT molecular complexity index is 1070. The summed E-state index contributed by atoms with van der Waals surface area (Å²) in [6.07, 6.45) is 1.48. The first-order valence-corrected chi connectivity index (χ1v) is 9.91. The molecule has 2 amide bonds. The number of rotatable bonds is 2. The fourth-order valence-electron chi connectivity index (χ4n) is 5.38. The Kier molecular flexibility index (Phi) is 3.42. The monoisotopic (exact) mass is 444 g/mol. The average Bonchev–Trinajstić information content (AvgIpc) is 3.18. The van der Waals surface area contributed by atoms with Gasteiger partial charge in [-0.3, -0.25) is 19.7 Å². The molecule has 4 unspecified atom stereocenters. The van der Waals surface area contributed by atoms with E-state index in [1.54, 1.807) is 18.2 Å². The molecule has 7 nitrogen and oxygen atoms in total. The number of non-ortho nitro benzene ring substituents is 1.